The number of hydrogen-bond donors (Lipinski definition) is 3. The summed E-state index contributed by atoms with van der Waals surface area (Å²) >= 11 is 1.13. The normalized spacial score (nSPS) is 20.5. The molecule has 0 amide bonds. The molecule has 1 aliphatic heterocycles. The van der Waals surface area contributed by atoms with E-state index < -0.39 is 38.2 Å². The Bertz CT molecular complexity index is 720. The molecule has 0 aromatic carbocycles. The van der Waals surface area contributed by atoms with Crippen molar-refractivity contribution in [3.8, 4) is 0 Å². The summed E-state index contributed by atoms with van der Waals surface area (Å²) in [4.78, 5) is 36.4. The molecule has 104 valence electrons. The van der Waals surface area contributed by atoms with Crippen molar-refractivity contribution >= 4 is 27.8 Å². The minimum Gasteiger partial charge on any atom is -0.480 e. The number of carbonyl (C=O) groups is 1. The number of aromatic nitrogens is 2. The van der Waals surface area contributed by atoms with Gasteiger partial charge in [0.2, 0.25) is 0 Å². The van der Waals surface area contributed by atoms with Crippen molar-refractivity contribution in [3.05, 3.63) is 27.0 Å². The molecule has 0 unspecified atom stereocenters. The molecule has 1 fully saturated rings. The summed E-state index contributed by atoms with van der Waals surface area (Å²) in [5.74, 6) is -1.23. The molecule has 1 aromatic rings. The molecule has 19 heavy (non-hydrogen) atoms. The number of aromatic amines is 2. The predicted molar refractivity (Wildman–Crippen MR) is 65.5 cm³/mol. The maximum atomic E-state index is 12.2. The number of sulfonamides is 1. The van der Waals surface area contributed by atoms with Gasteiger partial charge in [-0.05, 0) is 0 Å². The maximum absolute atomic E-state index is 12.2. The highest BCUT2D eigenvalue weighted by Crippen LogP contribution is 2.26. The smallest absolute Gasteiger partial charge is 0.325 e. The predicted octanol–water partition coefficient (Wildman–Crippen LogP) is -1.79. The van der Waals surface area contributed by atoms with Crippen molar-refractivity contribution in [2.75, 3.05) is 11.6 Å². The lowest BCUT2D eigenvalue weighted by molar-refractivity contribution is -0.140. The van der Waals surface area contributed by atoms with Crippen molar-refractivity contribution in [2.45, 2.75) is 10.9 Å². The average Bonchev–Trinajstić information content (AvgIpc) is 2.77. The SMILES string of the molecule is O=C(O)[C@@H]1CSCN1S(=O)(=O)c1c[nH]c(=O)[nH]c1=O. The lowest BCUT2D eigenvalue weighted by Gasteiger charge is -2.19. The highest BCUT2D eigenvalue weighted by molar-refractivity contribution is 8.00. The summed E-state index contributed by atoms with van der Waals surface area (Å²) in [6.45, 7) is 0. The number of carboxylic acid groups (broad SMARTS) is 1. The summed E-state index contributed by atoms with van der Waals surface area (Å²) in [5, 5.41) is 8.94. The quantitative estimate of drug-likeness (QED) is 0.599. The molecule has 3 N–H and O–H groups in total. The van der Waals surface area contributed by atoms with Crippen LogP contribution in [0.25, 0.3) is 0 Å². The molecule has 11 heteroatoms. The fourth-order valence-corrected chi connectivity index (χ4v) is 4.70. The Hall–Kier alpha value is -1.59. The van der Waals surface area contributed by atoms with Gasteiger partial charge in [-0.2, -0.15) is 4.31 Å². The zero-order valence-electron chi connectivity index (χ0n) is 9.32. The molecule has 1 saturated heterocycles. The highest BCUT2D eigenvalue weighted by atomic mass is 32.2. The van der Waals surface area contributed by atoms with E-state index in [0.29, 0.717) is 0 Å². The zero-order valence-corrected chi connectivity index (χ0v) is 11.0. The molecule has 2 heterocycles. The van der Waals surface area contributed by atoms with Gasteiger partial charge in [0, 0.05) is 11.9 Å². The summed E-state index contributed by atoms with van der Waals surface area (Å²) in [6.07, 6.45) is 0.762. The molecule has 1 aliphatic rings. The number of carboxylic acids is 1. The molecular weight excluding hydrogens is 298 g/mol. The van der Waals surface area contributed by atoms with Crippen LogP contribution in [-0.2, 0) is 14.8 Å². The highest BCUT2D eigenvalue weighted by Gasteiger charge is 2.41. The third-order valence-electron chi connectivity index (χ3n) is 2.50. The Kier molecular flexibility index (Phi) is 3.52. The van der Waals surface area contributed by atoms with E-state index >= 15 is 0 Å². The van der Waals surface area contributed by atoms with Crippen LogP contribution in [0.1, 0.15) is 0 Å². The van der Waals surface area contributed by atoms with Crippen LogP contribution in [-0.4, -0.2) is 51.4 Å². The van der Waals surface area contributed by atoms with Crippen LogP contribution >= 0.6 is 11.8 Å². The maximum Gasteiger partial charge on any atom is 0.325 e. The summed E-state index contributed by atoms with van der Waals surface area (Å²) in [7, 11) is -4.26. The van der Waals surface area contributed by atoms with E-state index in [0.717, 1.165) is 22.3 Å². The largest absolute Gasteiger partial charge is 0.480 e. The Labute approximate surface area is 110 Å². The number of aliphatic carboxylic acids is 1. The number of nitrogens with zero attached hydrogens (tertiary/aromatic N) is 1. The molecule has 9 nitrogen and oxygen atoms in total. The van der Waals surface area contributed by atoms with Crippen LogP contribution in [0.3, 0.4) is 0 Å². The fraction of sp³-hybridized carbons (Fsp3) is 0.375. The minimum atomic E-state index is -4.26. The molecule has 1 aromatic heterocycles. The Morgan fingerprint density at radius 1 is 1.47 bits per heavy atom. The second-order valence-electron chi connectivity index (χ2n) is 3.68. The first kappa shape index (κ1) is 13.8. The van der Waals surface area contributed by atoms with Crippen molar-refractivity contribution in [3.63, 3.8) is 0 Å². The molecule has 1 atom stereocenters. The molecule has 0 radical (unpaired) electrons. The van der Waals surface area contributed by atoms with Crippen molar-refractivity contribution in [2.24, 2.45) is 0 Å². The van der Waals surface area contributed by atoms with Gasteiger partial charge in [0.1, 0.15) is 6.04 Å². The van der Waals surface area contributed by atoms with E-state index in [1.807, 2.05) is 4.98 Å². The molecule has 2 rings (SSSR count). The van der Waals surface area contributed by atoms with Gasteiger partial charge in [-0.25, -0.2) is 13.2 Å². The summed E-state index contributed by atoms with van der Waals surface area (Å²) in [6, 6.07) is -1.22. The molecular formula is C8H9N3O6S2. The molecule has 0 spiro atoms. The number of rotatable bonds is 3. The Morgan fingerprint density at radius 2 is 2.16 bits per heavy atom. The zero-order chi connectivity index (χ0) is 14.2. The van der Waals surface area contributed by atoms with Crippen molar-refractivity contribution in [1.82, 2.24) is 14.3 Å². The second kappa shape index (κ2) is 4.83. The van der Waals surface area contributed by atoms with Gasteiger partial charge in [0.05, 0.1) is 5.88 Å². The third kappa shape index (κ3) is 2.43. The van der Waals surface area contributed by atoms with Gasteiger partial charge in [-0.15, -0.1) is 11.8 Å². The topological polar surface area (TPSA) is 140 Å². The van der Waals surface area contributed by atoms with Gasteiger partial charge in [0.25, 0.3) is 15.6 Å². The van der Waals surface area contributed by atoms with E-state index in [1.165, 1.54) is 0 Å². The van der Waals surface area contributed by atoms with Crippen molar-refractivity contribution < 1.29 is 18.3 Å². The van der Waals surface area contributed by atoms with Gasteiger partial charge < -0.3 is 10.1 Å². The van der Waals surface area contributed by atoms with Gasteiger partial charge in [0.15, 0.2) is 4.90 Å². The van der Waals surface area contributed by atoms with Gasteiger partial charge in [-0.3, -0.25) is 14.6 Å². The van der Waals surface area contributed by atoms with E-state index in [-0.39, 0.29) is 11.6 Å². The lowest BCUT2D eigenvalue weighted by atomic mass is 10.4. The van der Waals surface area contributed by atoms with Gasteiger partial charge in [-0.1, -0.05) is 0 Å². The fourth-order valence-electron chi connectivity index (χ4n) is 1.57. The molecule has 0 aliphatic carbocycles. The average molecular weight is 307 g/mol. The number of H-pyrrole nitrogens is 2. The third-order valence-corrected chi connectivity index (χ3v) is 5.53. The molecule has 0 bridgehead atoms. The number of hydrogen-bond acceptors (Lipinski definition) is 6. The van der Waals surface area contributed by atoms with Gasteiger partial charge >= 0.3 is 11.7 Å². The summed E-state index contributed by atoms with van der Waals surface area (Å²) in [5.41, 5.74) is -1.92. The Morgan fingerprint density at radius 3 is 2.74 bits per heavy atom. The van der Waals surface area contributed by atoms with Crippen LogP contribution in [0.4, 0.5) is 0 Å². The first-order valence-electron chi connectivity index (χ1n) is 4.98. The van der Waals surface area contributed by atoms with Crippen LogP contribution in [0.15, 0.2) is 20.7 Å². The molecule has 0 saturated carbocycles. The van der Waals surface area contributed by atoms with E-state index in [9.17, 15) is 22.8 Å². The van der Waals surface area contributed by atoms with Crippen LogP contribution in [0, 0.1) is 0 Å². The standard InChI is InChI=1S/C8H9N3O6S2/c12-6-5(1-9-8(15)10-6)19(16,17)11-3-18-2-4(11)7(13)14/h1,4H,2-3H2,(H,13,14)(H2,9,10,12,15)/t4-/m0/s1. The second-order valence-corrected chi connectivity index (χ2v) is 6.54. The Balaban J connectivity index is 2.51. The van der Waals surface area contributed by atoms with E-state index in [1.54, 1.807) is 4.98 Å². The van der Waals surface area contributed by atoms with Crippen LogP contribution < -0.4 is 11.2 Å². The van der Waals surface area contributed by atoms with E-state index in [2.05, 4.69) is 0 Å². The van der Waals surface area contributed by atoms with Crippen LogP contribution in [0.2, 0.25) is 0 Å². The van der Waals surface area contributed by atoms with E-state index in [4.69, 9.17) is 5.11 Å². The number of nitrogens with one attached hydrogen (secondary N) is 2. The van der Waals surface area contributed by atoms with Crippen molar-refractivity contribution in [1.29, 1.82) is 0 Å². The number of thioether (sulfide) groups is 1. The first-order valence-corrected chi connectivity index (χ1v) is 7.58. The minimum absolute atomic E-state index is 0.0577. The van der Waals surface area contributed by atoms with Crippen LogP contribution in [0.5, 0.6) is 0 Å². The first-order chi connectivity index (χ1) is 8.84. The monoisotopic (exact) mass is 307 g/mol. The summed E-state index contributed by atoms with van der Waals surface area (Å²) < 4.78 is 25.1. The lowest BCUT2D eigenvalue weighted by Crippen LogP contribution is -2.43.